The van der Waals surface area contributed by atoms with Gasteiger partial charge in [-0.3, -0.25) is 9.59 Å². The van der Waals surface area contributed by atoms with Crippen molar-refractivity contribution >= 4 is 17.5 Å². The molecule has 0 bridgehead atoms. The van der Waals surface area contributed by atoms with Crippen molar-refractivity contribution in [1.82, 2.24) is 4.90 Å². The second kappa shape index (κ2) is 6.11. The third kappa shape index (κ3) is 2.74. The predicted molar refractivity (Wildman–Crippen MR) is 87.1 cm³/mol. The minimum Gasteiger partial charge on any atom is -0.339 e. The van der Waals surface area contributed by atoms with Gasteiger partial charge in [-0.2, -0.15) is 0 Å². The summed E-state index contributed by atoms with van der Waals surface area (Å²) in [4.78, 5) is 28.0. The van der Waals surface area contributed by atoms with Crippen molar-refractivity contribution in [2.24, 2.45) is 0 Å². The van der Waals surface area contributed by atoms with Gasteiger partial charge in [0.05, 0.1) is 0 Å². The summed E-state index contributed by atoms with van der Waals surface area (Å²) in [6.45, 7) is 2.31. The van der Waals surface area contributed by atoms with Crippen LogP contribution >= 0.6 is 0 Å². The summed E-state index contributed by atoms with van der Waals surface area (Å²) in [6, 6.07) is 6.14. The number of anilines is 1. The number of benzene rings is 1. The monoisotopic (exact) mass is 300 g/mol. The van der Waals surface area contributed by atoms with Crippen LogP contribution in [0, 0.1) is 0 Å². The Kier molecular flexibility index (Phi) is 4.19. The lowest BCUT2D eigenvalue weighted by atomic mass is 9.94. The fourth-order valence-corrected chi connectivity index (χ4v) is 3.70. The highest BCUT2D eigenvalue weighted by atomic mass is 16.2. The van der Waals surface area contributed by atoms with Crippen molar-refractivity contribution in [3.8, 4) is 0 Å². The lowest BCUT2D eigenvalue weighted by Crippen LogP contribution is -2.38. The number of amides is 2. The van der Waals surface area contributed by atoms with Crippen LogP contribution in [0.4, 0.5) is 5.69 Å². The standard InChI is InChI=1S/C18H24N2O2/c1-13(21)20-11-10-14-12-15(8-9-17(14)20)18(22)19(2)16-6-4-3-5-7-16/h8-9,12,16H,3-7,10-11H2,1-2H3. The zero-order valence-corrected chi connectivity index (χ0v) is 13.5. The van der Waals surface area contributed by atoms with Gasteiger partial charge in [0.25, 0.3) is 5.91 Å². The fraction of sp³-hybridized carbons (Fsp3) is 0.556. The molecular weight excluding hydrogens is 276 g/mol. The van der Waals surface area contributed by atoms with Crippen LogP contribution in [0.25, 0.3) is 0 Å². The first-order chi connectivity index (χ1) is 10.6. The van der Waals surface area contributed by atoms with E-state index >= 15 is 0 Å². The van der Waals surface area contributed by atoms with E-state index in [4.69, 9.17) is 0 Å². The van der Waals surface area contributed by atoms with Gasteiger partial charge in [-0.1, -0.05) is 19.3 Å². The van der Waals surface area contributed by atoms with Gasteiger partial charge in [0, 0.05) is 37.8 Å². The smallest absolute Gasteiger partial charge is 0.253 e. The first-order valence-electron chi connectivity index (χ1n) is 8.26. The van der Waals surface area contributed by atoms with E-state index < -0.39 is 0 Å². The van der Waals surface area contributed by atoms with Gasteiger partial charge in [-0.15, -0.1) is 0 Å². The van der Waals surface area contributed by atoms with E-state index in [-0.39, 0.29) is 11.8 Å². The van der Waals surface area contributed by atoms with Crippen LogP contribution < -0.4 is 4.90 Å². The zero-order chi connectivity index (χ0) is 15.7. The average molecular weight is 300 g/mol. The molecule has 0 atom stereocenters. The van der Waals surface area contributed by atoms with Crippen molar-refractivity contribution < 1.29 is 9.59 Å². The molecule has 1 aromatic rings. The predicted octanol–water partition coefficient (Wildman–Crippen LogP) is 3.00. The molecular formula is C18H24N2O2. The van der Waals surface area contributed by atoms with Crippen molar-refractivity contribution in [3.63, 3.8) is 0 Å². The second-order valence-electron chi connectivity index (χ2n) is 6.47. The Hall–Kier alpha value is -1.84. The highest BCUT2D eigenvalue weighted by molar-refractivity contribution is 5.97. The summed E-state index contributed by atoms with van der Waals surface area (Å²) in [6.07, 6.45) is 6.80. The Morgan fingerprint density at radius 2 is 1.91 bits per heavy atom. The maximum Gasteiger partial charge on any atom is 0.253 e. The lowest BCUT2D eigenvalue weighted by Gasteiger charge is -2.31. The zero-order valence-electron chi connectivity index (χ0n) is 13.5. The molecule has 0 spiro atoms. The molecule has 0 saturated heterocycles. The maximum atomic E-state index is 12.7. The number of fused-ring (bicyclic) bond motifs is 1. The van der Waals surface area contributed by atoms with Gasteiger partial charge in [-0.25, -0.2) is 0 Å². The molecule has 118 valence electrons. The Bertz CT molecular complexity index is 591. The molecule has 1 aliphatic carbocycles. The minimum atomic E-state index is 0.0668. The topological polar surface area (TPSA) is 40.6 Å². The van der Waals surface area contributed by atoms with E-state index in [1.54, 1.807) is 11.8 Å². The van der Waals surface area contributed by atoms with E-state index in [1.807, 2.05) is 30.1 Å². The van der Waals surface area contributed by atoms with Crippen molar-refractivity contribution in [1.29, 1.82) is 0 Å². The van der Waals surface area contributed by atoms with E-state index in [0.717, 1.165) is 42.6 Å². The van der Waals surface area contributed by atoms with Gasteiger partial charge in [0.1, 0.15) is 0 Å². The summed E-state index contributed by atoms with van der Waals surface area (Å²) >= 11 is 0. The summed E-state index contributed by atoms with van der Waals surface area (Å²) < 4.78 is 0. The number of rotatable bonds is 2. The van der Waals surface area contributed by atoms with E-state index in [0.29, 0.717) is 6.04 Å². The SMILES string of the molecule is CC(=O)N1CCc2cc(C(=O)N(C)C3CCCCC3)ccc21. The average Bonchev–Trinajstić information content (AvgIpc) is 2.97. The first-order valence-corrected chi connectivity index (χ1v) is 8.26. The van der Waals surface area contributed by atoms with Crippen LogP contribution in [0.1, 0.15) is 54.9 Å². The molecule has 0 aromatic heterocycles. The van der Waals surface area contributed by atoms with Crippen LogP contribution in [-0.2, 0) is 11.2 Å². The third-order valence-electron chi connectivity index (χ3n) is 5.04. The number of carbonyl (C=O) groups is 2. The van der Waals surface area contributed by atoms with Crippen LogP contribution in [0.5, 0.6) is 0 Å². The van der Waals surface area contributed by atoms with Gasteiger partial charge in [-0.05, 0) is 43.0 Å². The first kappa shape index (κ1) is 15.1. The molecule has 1 aromatic carbocycles. The highest BCUT2D eigenvalue weighted by Crippen LogP contribution is 2.30. The second-order valence-corrected chi connectivity index (χ2v) is 6.47. The van der Waals surface area contributed by atoms with Crippen LogP contribution in [-0.4, -0.2) is 36.3 Å². The van der Waals surface area contributed by atoms with Crippen molar-refractivity contribution in [3.05, 3.63) is 29.3 Å². The molecule has 22 heavy (non-hydrogen) atoms. The van der Waals surface area contributed by atoms with Crippen LogP contribution in [0.15, 0.2) is 18.2 Å². The molecule has 1 aliphatic heterocycles. The van der Waals surface area contributed by atoms with Gasteiger partial charge < -0.3 is 9.80 Å². The Morgan fingerprint density at radius 3 is 2.59 bits per heavy atom. The van der Waals surface area contributed by atoms with Gasteiger partial charge in [0.2, 0.25) is 5.91 Å². The van der Waals surface area contributed by atoms with Gasteiger partial charge >= 0.3 is 0 Å². The summed E-state index contributed by atoms with van der Waals surface area (Å²) in [7, 11) is 1.92. The Balaban J connectivity index is 1.78. The Labute approximate surface area is 132 Å². The summed E-state index contributed by atoms with van der Waals surface area (Å²) in [5.41, 5.74) is 2.82. The summed E-state index contributed by atoms with van der Waals surface area (Å²) in [5.74, 6) is 0.174. The largest absolute Gasteiger partial charge is 0.339 e. The quantitative estimate of drug-likeness (QED) is 0.842. The summed E-state index contributed by atoms with van der Waals surface area (Å²) in [5, 5.41) is 0. The van der Waals surface area contributed by atoms with Gasteiger partial charge in [0.15, 0.2) is 0 Å². The molecule has 0 N–H and O–H groups in total. The van der Waals surface area contributed by atoms with E-state index in [2.05, 4.69) is 0 Å². The minimum absolute atomic E-state index is 0.0668. The maximum absolute atomic E-state index is 12.7. The van der Waals surface area contributed by atoms with Crippen molar-refractivity contribution in [2.75, 3.05) is 18.5 Å². The van der Waals surface area contributed by atoms with Crippen LogP contribution in [0.3, 0.4) is 0 Å². The molecule has 1 fully saturated rings. The molecule has 3 rings (SSSR count). The highest BCUT2D eigenvalue weighted by Gasteiger charge is 2.26. The molecule has 2 aliphatic rings. The number of nitrogens with zero attached hydrogens (tertiary/aromatic N) is 2. The third-order valence-corrected chi connectivity index (χ3v) is 5.04. The Morgan fingerprint density at radius 1 is 1.18 bits per heavy atom. The number of hydrogen-bond acceptors (Lipinski definition) is 2. The lowest BCUT2D eigenvalue weighted by molar-refractivity contribution is -0.116. The molecule has 4 heteroatoms. The van der Waals surface area contributed by atoms with Crippen molar-refractivity contribution in [2.45, 2.75) is 51.5 Å². The van der Waals surface area contributed by atoms with E-state index in [1.165, 1.54) is 19.3 Å². The molecule has 0 unspecified atom stereocenters. The number of carbonyl (C=O) groups excluding carboxylic acids is 2. The molecule has 0 radical (unpaired) electrons. The molecule has 1 saturated carbocycles. The normalized spacial score (nSPS) is 18.2. The molecule has 4 nitrogen and oxygen atoms in total. The molecule has 2 amide bonds. The fourth-order valence-electron chi connectivity index (χ4n) is 3.70. The molecule has 1 heterocycles. The number of hydrogen-bond donors (Lipinski definition) is 0. The van der Waals surface area contributed by atoms with E-state index in [9.17, 15) is 9.59 Å². The van der Waals surface area contributed by atoms with Crippen LogP contribution in [0.2, 0.25) is 0 Å².